The Morgan fingerprint density at radius 1 is 1.44 bits per heavy atom. The van der Waals surface area contributed by atoms with Crippen molar-refractivity contribution in [1.82, 2.24) is 15.2 Å². The molecule has 0 fully saturated rings. The van der Waals surface area contributed by atoms with Gasteiger partial charge in [-0.15, -0.1) is 5.10 Å². The maximum absolute atomic E-state index is 5.25. The van der Waals surface area contributed by atoms with Crippen LogP contribution in [0.5, 0.6) is 0 Å². The highest BCUT2D eigenvalue weighted by atomic mass is 15.1. The van der Waals surface area contributed by atoms with Crippen molar-refractivity contribution in [2.45, 2.75) is 6.42 Å². The van der Waals surface area contributed by atoms with Crippen LogP contribution in [0.2, 0.25) is 0 Å². The van der Waals surface area contributed by atoms with E-state index in [0.717, 1.165) is 0 Å². The van der Waals surface area contributed by atoms with Crippen LogP contribution in [0.1, 0.15) is 5.82 Å². The molecular formula is C5H8N4. The van der Waals surface area contributed by atoms with Gasteiger partial charge in [-0.2, -0.15) is 5.10 Å². The quantitative estimate of drug-likeness (QED) is 0.570. The molecule has 1 aromatic heterocycles. The van der Waals surface area contributed by atoms with Gasteiger partial charge in [0.2, 0.25) is 0 Å². The molecule has 0 atom stereocenters. The molecule has 0 aliphatic heterocycles. The first-order valence-corrected chi connectivity index (χ1v) is 2.76. The Bertz CT molecular complexity index is 162. The van der Waals surface area contributed by atoms with Gasteiger partial charge < -0.3 is 5.73 Å². The molecule has 0 aromatic carbocycles. The first-order valence-electron chi connectivity index (χ1n) is 2.76. The Kier molecular flexibility index (Phi) is 2.09. The van der Waals surface area contributed by atoms with Crippen LogP contribution < -0.4 is 5.73 Å². The van der Waals surface area contributed by atoms with E-state index >= 15 is 0 Å². The van der Waals surface area contributed by atoms with E-state index in [1.165, 1.54) is 0 Å². The molecule has 4 nitrogen and oxygen atoms in total. The average Bonchev–Trinajstić information content (AvgIpc) is 1.91. The minimum absolute atomic E-state index is 0.575. The van der Waals surface area contributed by atoms with Crippen molar-refractivity contribution in [3.8, 4) is 0 Å². The third kappa shape index (κ3) is 1.73. The number of nitrogens with two attached hydrogens (primary N) is 1. The summed E-state index contributed by atoms with van der Waals surface area (Å²) in [5, 5.41) is 7.36. The zero-order valence-electron chi connectivity index (χ0n) is 4.99. The molecule has 0 aliphatic rings. The number of nitrogens with zero attached hydrogens (tertiary/aromatic N) is 3. The summed E-state index contributed by atoms with van der Waals surface area (Å²) >= 11 is 0. The van der Waals surface area contributed by atoms with Gasteiger partial charge in [-0.3, -0.25) is 0 Å². The van der Waals surface area contributed by atoms with E-state index < -0.39 is 0 Å². The van der Waals surface area contributed by atoms with E-state index in [2.05, 4.69) is 15.2 Å². The van der Waals surface area contributed by atoms with Crippen LogP contribution in [0.15, 0.2) is 12.4 Å². The van der Waals surface area contributed by atoms with Crippen LogP contribution in [0.25, 0.3) is 0 Å². The molecule has 1 aromatic rings. The lowest BCUT2D eigenvalue weighted by Crippen LogP contribution is -2.06. The van der Waals surface area contributed by atoms with Crippen molar-refractivity contribution in [2.24, 2.45) is 5.73 Å². The van der Waals surface area contributed by atoms with E-state index in [4.69, 9.17) is 5.73 Å². The van der Waals surface area contributed by atoms with E-state index in [1.807, 2.05) is 0 Å². The van der Waals surface area contributed by atoms with Gasteiger partial charge in [0.15, 0.2) is 5.82 Å². The summed E-state index contributed by atoms with van der Waals surface area (Å²) in [6.45, 7) is 0.575. The molecule has 0 saturated carbocycles. The Morgan fingerprint density at radius 3 is 2.89 bits per heavy atom. The Labute approximate surface area is 53.1 Å². The molecule has 0 aliphatic carbocycles. The average molecular weight is 124 g/mol. The predicted molar refractivity (Wildman–Crippen MR) is 32.6 cm³/mol. The second kappa shape index (κ2) is 3.09. The van der Waals surface area contributed by atoms with Crippen LogP contribution in [-0.4, -0.2) is 21.7 Å². The standard InChI is InChI=1S/C5H8N4/c6-2-1-5-7-3-4-8-9-5/h3-4H,1-2,6H2. The van der Waals surface area contributed by atoms with Crippen molar-refractivity contribution in [3.05, 3.63) is 18.2 Å². The van der Waals surface area contributed by atoms with Gasteiger partial charge in [0.05, 0.1) is 6.20 Å². The normalized spacial score (nSPS) is 9.44. The molecule has 2 N–H and O–H groups in total. The molecule has 1 heterocycles. The molecule has 48 valence electrons. The largest absolute Gasteiger partial charge is 0.330 e. The van der Waals surface area contributed by atoms with Crippen LogP contribution in [0.3, 0.4) is 0 Å². The van der Waals surface area contributed by atoms with Crippen LogP contribution in [0.4, 0.5) is 0 Å². The van der Waals surface area contributed by atoms with Crippen molar-refractivity contribution < 1.29 is 0 Å². The zero-order valence-corrected chi connectivity index (χ0v) is 4.99. The molecule has 0 spiro atoms. The summed E-state index contributed by atoms with van der Waals surface area (Å²) in [6.07, 6.45) is 3.85. The summed E-state index contributed by atoms with van der Waals surface area (Å²) < 4.78 is 0. The van der Waals surface area contributed by atoms with Gasteiger partial charge in [-0.1, -0.05) is 0 Å². The number of hydrogen-bond acceptors (Lipinski definition) is 4. The number of rotatable bonds is 2. The molecule has 4 heteroatoms. The molecule has 9 heavy (non-hydrogen) atoms. The minimum atomic E-state index is 0.575. The Balaban J connectivity index is 2.61. The number of hydrogen-bond donors (Lipinski definition) is 1. The molecule has 0 amide bonds. The van der Waals surface area contributed by atoms with Gasteiger partial charge in [0.1, 0.15) is 0 Å². The second-order valence-electron chi connectivity index (χ2n) is 1.60. The van der Waals surface area contributed by atoms with Gasteiger partial charge in [-0.25, -0.2) is 4.98 Å². The van der Waals surface area contributed by atoms with Gasteiger partial charge >= 0.3 is 0 Å². The first-order chi connectivity index (χ1) is 4.43. The van der Waals surface area contributed by atoms with Crippen molar-refractivity contribution in [3.63, 3.8) is 0 Å². The lowest BCUT2D eigenvalue weighted by molar-refractivity contribution is 0.809. The van der Waals surface area contributed by atoms with Crippen LogP contribution in [0, 0.1) is 0 Å². The zero-order chi connectivity index (χ0) is 6.53. The fourth-order valence-electron chi connectivity index (χ4n) is 0.519. The van der Waals surface area contributed by atoms with Crippen LogP contribution in [-0.2, 0) is 6.42 Å². The third-order valence-electron chi connectivity index (χ3n) is 0.898. The maximum Gasteiger partial charge on any atom is 0.152 e. The lowest BCUT2D eigenvalue weighted by atomic mass is 10.4. The van der Waals surface area contributed by atoms with E-state index in [9.17, 15) is 0 Å². The summed E-state index contributed by atoms with van der Waals surface area (Å²) in [7, 11) is 0. The lowest BCUT2D eigenvalue weighted by Gasteiger charge is -1.90. The monoisotopic (exact) mass is 124 g/mol. The van der Waals surface area contributed by atoms with Crippen molar-refractivity contribution in [1.29, 1.82) is 0 Å². The summed E-state index contributed by atoms with van der Waals surface area (Å²) in [6, 6.07) is 0. The number of aromatic nitrogens is 3. The second-order valence-corrected chi connectivity index (χ2v) is 1.60. The van der Waals surface area contributed by atoms with Crippen molar-refractivity contribution >= 4 is 0 Å². The Morgan fingerprint density at radius 2 is 2.33 bits per heavy atom. The first kappa shape index (κ1) is 6.10. The molecule has 0 radical (unpaired) electrons. The molecule has 1 rings (SSSR count). The van der Waals surface area contributed by atoms with Gasteiger partial charge in [0.25, 0.3) is 0 Å². The van der Waals surface area contributed by atoms with Gasteiger partial charge in [-0.05, 0) is 6.54 Å². The summed E-state index contributed by atoms with van der Waals surface area (Å²) in [5.41, 5.74) is 5.25. The highest BCUT2D eigenvalue weighted by molar-refractivity contribution is 4.81. The molecule has 0 unspecified atom stereocenters. The topological polar surface area (TPSA) is 64.7 Å². The van der Waals surface area contributed by atoms with E-state index in [1.54, 1.807) is 12.4 Å². The van der Waals surface area contributed by atoms with Crippen molar-refractivity contribution in [2.75, 3.05) is 6.54 Å². The summed E-state index contributed by atoms with van der Waals surface area (Å²) in [4.78, 5) is 3.91. The fourth-order valence-corrected chi connectivity index (χ4v) is 0.519. The molecular weight excluding hydrogens is 116 g/mol. The highest BCUT2D eigenvalue weighted by Gasteiger charge is 1.89. The SMILES string of the molecule is NCCc1nccnn1. The Hall–Kier alpha value is -1.03. The minimum Gasteiger partial charge on any atom is -0.330 e. The highest BCUT2D eigenvalue weighted by Crippen LogP contribution is 1.82. The van der Waals surface area contributed by atoms with Gasteiger partial charge in [0, 0.05) is 12.6 Å². The smallest absolute Gasteiger partial charge is 0.152 e. The molecule has 0 saturated heterocycles. The summed E-state index contributed by atoms with van der Waals surface area (Å²) in [5.74, 6) is 0.708. The van der Waals surface area contributed by atoms with E-state index in [0.29, 0.717) is 18.8 Å². The van der Waals surface area contributed by atoms with Crippen LogP contribution >= 0.6 is 0 Å². The fraction of sp³-hybridized carbons (Fsp3) is 0.400. The third-order valence-corrected chi connectivity index (χ3v) is 0.898. The molecule has 0 bridgehead atoms. The van der Waals surface area contributed by atoms with E-state index in [-0.39, 0.29) is 0 Å². The predicted octanol–water partition coefficient (Wildman–Crippen LogP) is -0.627. The maximum atomic E-state index is 5.25.